The molecule has 0 N–H and O–H groups in total. The van der Waals surface area contributed by atoms with E-state index in [0.29, 0.717) is 5.82 Å². The Bertz CT molecular complexity index is 2870. The zero-order valence-corrected chi connectivity index (χ0v) is 28.8. The Balaban J connectivity index is 1.08. The molecular formula is C50H32N2O. The maximum atomic E-state index is 6.74. The van der Waals surface area contributed by atoms with Crippen molar-refractivity contribution in [3.63, 3.8) is 0 Å². The molecule has 0 spiro atoms. The Morgan fingerprint density at radius 3 is 1.57 bits per heavy atom. The maximum Gasteiger partial charge on any atom is 0.160 e. The van der Waals surface area contributed by atoms with Gasteiger partial charge in [0.05, 0.1) is 11.4 Å². The molecule has 3 heteroatoms. The van der Waals surface area contributed by atoms with Crippen molar-refractivity contribution in [3.8, 4) is 67.3 Å². The van der Waals surface area contributed by atoms with Gasteiger partial charge in [-0.1, -0.05) is 158 Å². The van der Waals surface area contributed by atoms with Gasteiger partial charge >= 0.3 is 0 Å². The number of nitrogens with zero attached hydrogens (tertiary/aromatic N) is 2. The van der Waals surface area contributed by atoms with Crippen molar-refractivity contribution in [2.75, 3.05) is 0 Å². The van der Waals surface area contributed by atoms with E-state index in [4.69, 9.17) is 14.4 Å². The molecule has 248 valence electrons. The van der Waals surface area contributed by atoms with E-state index in [1.165, 1.54) is 27.6 Å². The fourth-order valence-electron chi connectivity index (χ4n) is 7.44. The van der Waals surface area contributed by atoms with Crippen molar-refractivity contribution in [1.29, 1.82) is 0 Å². The van der Waals surface area contributed by atoms with Crippen LogP contribution >= 0.6 is 0 Å². The lowest BCUT2D eigenvalue weighted by molar-refractivity contribution is 0.673. The van der Waals surface area contributed by atoms with E-state index in [2.05, 4.69) is 158 Å². The number of benzene rings is 8. The van der Waals surface area contributed by atoms with Crippen LogP contribution in [0.2, 0.25) is 0 Å². The quantitative estimate of drug-likeness (QED) is 0.176. The monoisotopic (exact) mass is 676 g/mol. The fourth-order valence-corrected chi connectivity index (χ4v) is 7.44. The number of hydrogen-bond acceptors (Lipinski definition) is 3. The first kappa shape index (κ1) is 30.7. The lowest BCUT2D eigenvalue weighted by Gasteiger charge is -2.11. The summed E-state index contributed by atoms with van der Waals surface area (Å²) in [6.45, 7) is 0. The van der Waals surface area contributed by atoms with Crippen LogP contribution < -0.4 is 0 Å². The van der Waals surface area contributed by atoms with Gasteiger partial charge in [-0.05, 0) is 75.2 Å². The Kier molecular flexibility index (Phi) is 7.47. The van der Waals surface area contributed by atoms with Crippen LogP contribution in [-0.2, 0) is 0 Å². The minimum absolute atomic E-state index is 0.703. The van der Waals surface area contributed by atoms with Crippen LogP contribution in [0.3, 0.4) is 0 Å². The van der Waals surface area contributed by atoms with E-state index < -0.39 is 0 Å². The predicted octanol–water partition coefficient (Wildman–Crippen LogP) is 13.5. The second-order valence-electron chi connectivity index (χ2n) is 13.4. The van der Waals surface area contributed by atoms with E-state index in [9.17, 15) is 0 Å². The van der Waals surface area contributed by atoms with Gasteiger partial charge in [-0.3, -0.25) is 0 Å². The lowest BCUT2D eigenvalue weighted by atomic mass is 9.93. The van der Waals surface area contributed by atoms with Gasteiger partial charge in [0.15, 0.2) is 5.82 Å². The first-order valence-corrected chi connectivity index (χ1v) is 17.9. The fraction of sp³-hybridized carbons (Fsp3) is 0. The summed E-state index contributed by atoms with van der Waals surface area (Å²) in [5, 5.41) is 4.49. The summed E-state index contributed by atoms with van der Waals surface area (Å²) < 4.78 is 6.74. The molecule has 0 fully saturated rings. The number of fused-ring (bicyclic) bond motifs is 5. The molecule has 10 rings (SSSR count). The third kappa shape index (κ3) is 5.65. The standard InChI is InChI=1S/C50H32N2O/c1-4-14-33(15-5-1)36-20-12-22-39(28-36)44-31-45-42-27-26-38(30-48(42)53-49(45)43-25-11-10-24-41(43)44)37-21-13-23-40(29-37)47-32-46(34-16-6-2-7-17-34)51-50(52-47)35-18-8-3-9-19-35/h1-32H. The lowest BCUT2D eigenvalue weighted by Crippen LogP contribution is -1.96. The zero-order valence-electron chi connectivity index (χ0n) is 28.8. The largest absolute Gasteiger partial charge is 0.455 e. The van der Waals surface area contributed by atoms with Crippen LogP contribution in [0.15, 0.2) is 199 Å². The van der Waals surface area contributed by atoms with Gasteiger partial charge in [0, 0.05) is 32.8 Å². The summed E-state index contributed by atoms with van der Waals surface area (Å²) in [5.41, 5.74) is 13.6. The van der Waals surface area contributed by atoms with Crippen LogP contribution in [-0.4, -0.2) is 9.97 Å². The van der Waals surface area contributed by atoms with Gasteiger partial charge < -0.3 is 4.42 Å². The second kappa shape index (κ2) is 12.9. The van der Waals surface area contributed by atoms with Crippen LogP contribution in [0.25, 0.3) is 100.0 Å². The smallest absolute Gasteiger partial charge is 0.160 e. The van der Waals surface area contributed by atoms with Crippen molar-refractivity contribution < 1.29 is 4.42 Å². The van der Waals surface area contributed by atoms with Gasteiger partial charge in [0.25, 0.3) is 0 Å². The van der Waals surface area contributed by atoms with Crippen LogP contribution in [0.4, 0.5) is 0 Å². The van der Waals surface area contributed by atoms with Crippen LogP contribution in [0.5, 0.6) is 0 Å². The molecule has 10 aromatic rings. The second-order valence-corrected chi connectivity index (χ2v) is 13.4. The van der Waals surface area contributed by atoms with Gasteiger partial charge in [-0.25, -0.2) is 9.97 Å². The molecule has 2 heterocycles. The van der Waals surface area contributed by atoms with E-state index in [1.807, 2.05) is 36.4 Å². The molecule has 0 unspecified atom stereocenters. The van der Waals surface area contributed by atoms with Gasteiger partial charge in [-0.15, -0.1) is 0 Å². The molecule has 0 aliphatic heterocycles. The van der Waals surface area contributed by atoms with E-state index in [-0.39, 0.29) is 0 Å². The first-order chi connectivity index (χ1) is 26.2. The summed E-state index contributed by atoms with van der Waals surface area (Å²) in [6.07, 6.45) is 0. The third-order valence-electron chi connectivity index (χ3n) is 10.1. The van der Waals surface area contributed by atoms with E-state index in [1.54, 1.807) is 0 Å². The molecule has 0 bridgehead atoms. The van der Waals surface area contributed by atoms with Gasteiger partial charge in [0.2, 0.25) is 0 Å². The predicted molar refractivity (Wildman–Crippen MR) is 219 cm³/mol. The molecule has 0 radical (unpaired) electrons. The van der Waals surface area contributed by atoms with E-state index >= 15 is 0 Å². The van der Waals surface area contributed by atoms with Crippen molar-refractivity contribution >= 4 is 32.7 Å². The minimum atomic E-state index is 0.703. The molecule has 3 nitrogen and oxygen atoms in total. The average Bonchev–Trinajstić information content (AvgIpc) is 3.62. The highest BCUT2D eigenvalue weighted by atomic mass is 16.3. The SMILES string of the molecule is c1ccc(-c2cccc(-c3cc4c5ccc(-c6cccc(-c7cc(-c8ccccc8)nc(-c8ccccc8)n7)c6)cc5oc4c4ccccc34)c2)cc1. The van der Waals surface area contributed by atoms with Gasteiger partial charge in [0.1, 0.15) is 11.2 Å². The van der Waals surface area contributed by atoms with Crippen LogP contribution in [0.1, 0.15) is 0 Å². The minimum Gasteiger partial charge on any atom is -0.455 e. The van der Waals surface area contributed by atoms with E-state index in [0.717, 1.165) is 66.5 Å². The number of furan rings is 1. The molecule has 0 saturated carbocycles. The highest BCUT2D eigenvalue weighted by molar-refractivity contribution is 6.19. The third-order valence-corrected chi connectivity index (χ3v) is 10.1. The summed E-state index contributed by atoms with van der Waals surface area (Å²) in [5.74, 6) is 0.703. The molecule has 2 aromatic heterocycles. The molecule has 0 atom stereocenters. The molecular weight excluding hydrogens is 645 g/mol. The number of hydrogen-bond donors (Lipinski definition) is 0. The Labute approximate surface area is 307 Å². The number of rotatable bonds is 6. The topological polar surface area (TPSA) is 38.9 Å². The number of aromatic nitrogens is 2. The van der Waals surface area contributed by atoms with Crippen molar-refractivity contribution in [2.45, 2.75) is 0 Å². The average molecular weight is 677 g/mol. The van der Waals surface area contributed by atoms with Crippen LogP contribution in [0, 0.1) is 0 Å². The molecule has 0 aliphatic carbocycles. The first-order valence-electron chi connectivity index (χ1n) is 17.9. The Morgan fingerprint density at radius 1 is 0.302 bits per heavy atom. The zero-order chi connectivity index (χ0) is 35.1. The summed E-state index contributed by atoms with van der Waals surface area (Å²) in [4.78, 5) is 10.0. The molecule has 0 aliphatic rings. The van der Waals surface area contributed by atoms with Crippen molar-refractivity contribution in [1.82, 2.24) is 9.97 Å². The highest BCUT2D eigenvalue weighted by Gasteiger charge is 2.17. The van der Waals surface area contributed by atoms with Crippen molar-refractivity contribution in [2.24, 2.45) is 0 Å². The van der Waals surface area contributed by atoms with Crippen molar-refractivity contribution in [3.05, 3.63) is 194 Å². The normalized spacial score (nSPS) is 11.4. The Morgan fingerprint density at radius 2 is 0.830 bits per heavy atom. The Hall–Kier alpha value is -7.10. The summed E-state index contributed by atoms with van der Waals surface area (Å²) in [7, 11) is 0. The summed E-state index contributed by atoms with van der Waals surface area (Å²) >= 11 is 0. The summed E-state index contributed by atoms with van der Waals surface area (Å²) in [6, 6.07) is 68.0. The van der Waals surface area contributed by atoms with Gasteiger partial charge in [-0.2, -0.15) is 0 Å². The molecule has 0 saturated heterocycles. The maximum absolute atomic E-state index is 6.74. The molecule has 0 amide bonds. The highest BCUT2D eigenvalue weighted by Crippen LogP contribution is 2.41. The molecule has 8 aromatic carbocycles. The molecule has 53 heavy (non-hydrogen) atoms.